The van der Waals surface area contributed by atoms with Gasteiger partial charge < -0.3 is 29.0 Å². The van der Waals surface area contributed by atoms with E-state index in [1.807, 2.05) is 0 Å². The summed E-state index contributed by atoms with van der Waals surface area (Å²) in [4.78, 5) is 15.7. The van der Waals surface area contributed by atoms with Gasteiger partial charge in [-0.25, -0.2) is 0 Å². The van der Waals surface area contributed by atoms with Gasteiger partial charge in [0.1, 0.15) is 6.10 Å². The molecule has 1 aliphatic heterocycles. The van der Waals surface area contributed by atoms with Crippen LogP contribution in [-0.2, 0) is 23.7 Å². The van der Waals surface area contributed by atoms with Crippen molar-refractivity contribution in [1.82, 2.24) is 4.90 Å². The number of likely N-dealkylation sites (tertiary alicyclic amines) is 1. The molecule has 2 atom stereocenters. The number of piperidine rings is 1. The van der Waals surface area contributed by atoms with E-state index in [0.717, 1.165) is 84.1 Å². The SMILES string of the molecule is CCCCCCCCCCCCC(CCOC(O)CCCCC(OCCCCCCCC)OCCCCCCCC)OC(=O)C1(C)CCN(C)CC1. The number of nitrogens with zero attached hydrogens (tertiary/aromatic N) is 1. The number of unbranched alkanes of at least 4 members (excludes halogenated alkanes) is 20. The molecule has 1 fully saturated rings. The average molecular weight is 740 g/mol. The van der Waals surface area contributed by atoms with Crippen LogP contribution in [0.2, 0.25) is 0 Å². The third-order valence-corrected chi connectivity index (χ3v) is 11.2. The van der Waals surface area contributed by atoms with Crippen LogP contribution in [0.25, 0.3) is 0 Å². The van der Waals surface area contributed by atoms with Crippen LogP contribution in [0.1, 0.15) is 220 Å². The number of esters is 1. The molecule has 7 heteroatoms. The fourth-order valence-electron chi connectivity index (χ4n) is 7.19. The molecule has 0 spiro atoms. The molecule has 0 amide bonds. The molecule has 0 aliphatic carbocycles. The number of hydrogen-bond donors (Lipinski definition) is 1. The Morgan fingerprint density at radius 1 is 0.558 bits per heavy atom. The van der Waals surface area contributed by atoms with Crippen LogP contribution in [-0.4, -0.2) is 74.6 Å². The van der Waals surface area contributed by atoms with Gasteiger partial charge in [-0.15, -0.1) is 0 Å². The van der Waals surface area contributed by atoms with Crippen LogP contribution < -0.4 is 0 Å². The van der Waals surface area contributed by atoms with E-state index in [9.17, 15) is 9.90 Å². The third-order valence-electron chi connectivity index (χ3n) is 11.2. The maximum Gasteiger partial charge on any atom is 0.312 e. The number of carbonyl (C=O) groups is 1. The minimum atomic E-state index is -0.799. The monoisotopic (exact) mass is 740 g/mol. The molecule has 2 unspecified atom stereocenters. The summed E-state index contributed by atoms with van der Waals surface area (Å²) in [6.07, 6.45) is 33.3. The molecule has 0 aromatic carbocycles. The minimum absolute atomic E-state index is 0.0507. The normalized spacial score (nSPS) is 16.1. The highest BCUT2D eigenvalue weighted by molar-refractivity contribution is 5.76. The van der Waals surface area contributed by atoms with Gasteiger partial charge >= 0.3 is 5.97 Å². The van der Waals surface area contributed by atoms with E-state index in [1.165, 1.54) is 122 Å². The van der Waals surface area contributed by atoms with Crippen LogP contribution in [0.3, 0.4) is 0 Å². The number of hydrogen-bond acceptors (Lipinski definition) is 7. The second-order valence-electron chi connectivity index (χ2n) is 16.5. The van der Waals surface area contributed by atoms with Crippen molar-refractivity contribution in [2.24, 2.45) is 5.41 Å². The molecule has 0 radical (unpaired) electrons. The van der Waals surface area contributed by atoms with Crippen LogP contribution in [0.5, 0.6) is 0 Å². The molecule has 310 valence electrons. The number of aliphatic hydroxyl groups excluding tert-OH is 1. The van der Waals surface area contributed by atoms with Gasteiger partial charge in [0.25, 0.3) is 0 Å². The second-order valence-corrected chi connectivity index (χ2v) is 16.5. The zero-order chi connectivity index (χ0) is 38.0. The van der Waals surface area contributed by atoms with Gasteiger partial charge in [-0.1, -0.05) is 143 Å². The highest BCUT2D eigenvalue weighted by atomic mass is 16.7. The molecule has 0 saturated carbocycles. The first-order valence-corrected chi connectivity index (χ1v) is 22.8. The van der Waals surface area contributed by atoms with Gasteiger partial charge in [-0.2, -0.15) is 0 Å². The Labute approximate surface area is 323 Å². The molecule has 1 aliphatic rings. The van der Waals surface area contributed by atoms with Crippen molar-refractivity contribution in [3.63, 3.8) is 0 Å². The third kappa shape index (κ3) is 27.8. The lowest BCUT2D eigenvalue weighted by molar-refractivity contribution is -0.166. The van der Waals surface area contributed by atoms with Gasteiger partial charge in [0, 0.05) is 19.6 Å². The number of aliphatic hydroxyl groups is 1. The Balaban J connectivity index is 2.44. The first-order chi connectivity index (χ1) is 25.3. The van der Waals surface area contributed by atoms with Crippen molar-refractivity contribution in [3.8, 4) is 0 Å². The van der Waals surface area contributed by atoms with Crippen molar-refractivity contribution < 1.29 is 28.8 Å². The fourth-order valence-corrected chi connectivity index (χ4v) is 7.19. The van der Waals surface area contributed by atoms with Gasteiger partial charge in [-0.05, 0) is 91.3 Å². The van der Waals surface area contributed by atoms with Crippen molar-refractivity contribution in [1.29, 1.82) is 0 Å². The largest absolute Gasteiger partial charge is 0.462 e. The Morgan fingerprint density at radius 3 is 1.48 bits per heavy atom. The zero-order valence-electron chi connectivity index (χ0n) is 35.4. The van der Waals surface area contributed by atoms with Crippen LogP contribution >= 0.6 is 0 Å². The summed E-state index contributed by atoms with van der Waals surface area (Å²) in [6, 6.07) is 0. The van der Waals surface area contributed by atoms with Crippen molar-refractivity contribution in [3.05, 3.63) is 0 Å². The van der Waals surface area contributed by atoms with E-state index < -0.39 is 11.7 Å². The predicted octanol–water partition coefficient (Wildman–Crippen LogP) is 12.3. The van der Waals surface area contributed by atoms with Gasteiger partial charge in [0.15, 0.2) is 12.6 Å². The molecule has 7 nitrogen and oxygen atoms in total. The summed E-state index contributed by atoms with van der Waals surface area (Å²) in [6.45, 7) is 12.7. The van der Waals surface area contributed by atoms with Crippen LogP contribution in [0.15, 0.2) is 0 Å². The molecule has 0 bridgehead atoms. The summed E-state index contributed by atoms with van der Waals surface area (Å²) < 4.78 is 24.5. The van der Waals surface area contributed by atoms with E-state index >= 15 is 0 Å². The minimum Gasteiger partial charge on any atom is -0.462 e. The molecule has 0 aromatic heterocycles. The van der Waals surface area contributed by atoms with Crippen molar-refractivity contribution in [2.45, 2.75) is 239 Å². The van der Waals surface area contributed by atoms with Crippen molar-refractivity contribution >= 4 is 5.97 Å². The van der Waals surface area contributed by atoms with E-state index in [2.05, 4.69) is 39.6 Å². The number of rotatable bonds is 38. The first kappa shape index (κ1) is 49.3. The lowest BCUT2D eigenvalue weighted by atomic mass is 9.80. The average Bonchev–Trinajstić information content (AvgIpc) is 3.14. The maximum atomic E-state index is 13.4. The molecule has 1 N–H and O–H groups in total. The summed E-state index contributed by atoms with van der Waals surface area (Å²) in [5.74, 6) is -0.0507. The van der Waals surface area contributed by atoms with Crippen molar-refractivity contribution in [2.75, 3.05) is 40.0 Å². The van der Waals surface area contributed by atoms with Crippen LogP contribution in [0.4, 0.5) is 0 Å². The summed E-state index contributed by atoms with van der Waals surface area (Å²) in [5, 5.41) is 10.7. The van der Waals surface area contributed by atoms with E-state index in [0.29, 0.717) is 19.4 Å². The lowest BCUT2D eigenvalue weighted by Gasteiger charge is -2.36. The first-order valence-electron chi connectivity index (χ1n) is 22.8. The summed E-state index contributed by atoms with van der Waals surface area (Å²) >= 11 is 0. The molecule has 0 aromatic rings. The maximum absolute atomic E-state index is 13.4. The highest BCUT2D eigenvalue weighted by Gasteiger charge is 2.38. The summed E-state index contributed by atoms with van der Waals surface area (Å²) in [7, 11) is 2.12. The topological polar surface area (TPSA) is 77.5 Å². The molecular weight excluding hydrogens is 650 g/mol. The summed E-state index contributed by atoms with van der Waals surface area (Å²) in [5.41, 5.74) is -0.405. The standard InChI is InChI=1S/C45H89NO6/c1-6-9-12-15-18-19-20-21-22-25-30-41(52-44(48)45(4)34-36-46(5)37-35-45)33-40-49-42(47)31-26-27-32-43(50-38-28-23-16-13-10-7-2)51-39-29-24-17-14-11-8-3/h41-43,47H,6-40H2,1-5H3. The molecule has 52 heavy (non-hydrogen) atoms. The smallest absolute Gasteiger partial charge is 0.312 e. The molecule has 1 rings (SSSR count). The molecular formula is C45H89NO6. The molecule has 1 heterocycles. The van der Waals surface area contributed by atoms with Gasteiger partial charge in [0.05, 0.1) is 12.0 Å². The van der Waals surface area contributed by atoms with E-state index in [1.54, 1.807) is 0 Å². The second kappa shape index (κ2) is 34.7. The Bertz CT molecular complexity index is 755. The Hall–Kier alpha value is -0.730. The fraction of sp³-hybridized carbons (Fsp3) is 0.978. The van der Waals surface area contributed by atoms with E-state index in [-0.39, 0.29) is 18.4 Å². The van der Waals surface area contributed by atoms with Crippen LogP contribution in [0, 0.1) is 5.41 Å². The Kier molecular flexibility index (Phi) is 32.9. The predicted molar refractivity (Wildman–Crippen MR) is 219 cm³/mol. The molecule has 1 saturated heterocycles. The zero-order valence-corrected chi connectivity index (χ0v) is 35.4. The van der Waals surface area contributed by atoms with Gasteiger partial charge in [-0.3, -0.25) is 4.79 Å². The Morgan fingerprint density at radius 2 is 0.981 bits per heavy atom. The lowest BCUT2D eigenvalue weighted by Crippen LogP contribution is -2.43. The van der Waals surface area contributed by atoms with Gasteiger partial charge in [0.2, 0.25) is 0 Å². The highest BCUT2D eigenvalue weighted by Crippen LogP contribution is 2.33. The quantitative estimate of drug-likeness (QED) is 0.0384. The number of ether oxygens (including phenoxy) is 4. The van der Waals surface area contributed by atoms with E-state index in [4.69, 9.17) is 18.9 Å². The number of carbonyl (C=O) groups excluding carboxylic acids is 1.